The Kier molecular flexibility index (Phi) is 5.46. The van der Waals surface area contributed by atoms with Crippen LogP contribution in [0.25, 0.3) is 21.3 Å². The number of thiazole rings is 1. The third-order valence-electron chi connectivity index (χ3n) is 4.52. The van der Waals surface area contributed by atoms with Gasteiger partial charge < -0.3 is 4.90 Å². The molecule has 2 aromatic carbocycles. The van der Waals surface area contributed by atoms with Crippen LogP contribution in [0.3, 0.4) is 0 Å². The molecule has 4 rings (SSSR count). The molecule has 0 fully saturated rings. The molecule has 8 heteroatoms. The van der Waals surface area contributed by atoms with E-state index in [1.165, 1.54) is 23.5 Å². The molecular formula is C21H20FN5OS. The average molecular weight is 409 g/mol. The first kappa shape index (κ1) is 19.4. The Morgan fingerprint density at radius 3 is 2.55 bits per heavy atom. The van der Waals surface area contributed by atoms with E-state index in [-0.39, 0.29) is 11.7 Å². The van der Waals surface area contributed by atoms with Gasteiger partial charge in [-0.25, -0.2) is 9.37 Å². The van der Waals surface area contributed by atoms with Gasteiger partial charge in [0.05, 0.1) is 21.3 Å². The summed E-state index contributed by atoms with van der Waals surface area (Å²) >= 11 is 1.32. The second-order valence-corrected chi connectivity index (χ2v) is 7.99. The number of hydrogen-bond acceptors (Lipinski definition) is 6. The number of carbonyl (C=O) groups excluding carboxylic acids is 1. The molecule has 6 nitrogen and oxygen atoms in total. The normalized spacial score (nSPS) is 11.4. The lowest BCUT2D eigenvalue weighted by Gasteiger charge is -2.21. The molecule has 0 aliphatic heterocycles. The maximum absolute atomic E-state index is 13.6. The number of nitrogens with zero attached hydrogens (tertiary/aromatic N) is 5. The Morgan fingerprint density at radius 2 is 1.76 bits per heavy atom. The van der Waals surface area contributed by atoms with Crippen molar-refractivity contribution >= 4 is 43.6 Å². The lowest BCUT2D eigenvalue weighted by Crippen LogP contribution is -2.33. The molecule has 2 aromatic heterocycles. The molecule has 0 bridgehead atoms. The highest BCUT2D eigenvalue weighted by Gasteiger charge is 2.22. The van der Waals surface area contributed by atoms with E-state index in [9.17, 15) is 9.18 Å². The molecule has 148 valence electrons. The number of fused-ring (bicyclic) bond motifs is 2. The first-order valence-corrected chi connectivity index (χ1v) is 10.1. The van der Waals surface area contributed by atoms with Crippen LogP contribution >= 0.6 is 11.3 Å². The zero-order valence-corrected chi connectivity index (χ0v) is 17.0. The van der Waals surface area contributed by atoms with E-state index < -0.39 is 0 Å². The monoisotopic (exact) mass is 409 g/mol. The molecule has 1 amide bonds. The minimum absolute atomic E-state index is 0.157. The third-order valence-corrected chi connectivity index (χ3v) is 5.56. The Morgan fingerprint density at radius 1 is 1.00 bits per heavy atom. The number of rotatable bonds is 6. The van der Waals surface area contributed by atoms with Gasteiger partial charge in [0.1, 0.15) is 5.82 Å². The summed E-state index contributed by atoms with van der Waals surface area (Å²) in [5.74, 6) is -0.470. The average Bonchev–Trinajstić information content (AvgIpc) is 3.13. The van der Waals surface area contributed by atoms with Gasteiger partial charge in [-0.3, -0.25) is 19.7 Å². The van der Waals surface area contributed by atoms with Crippen LogP contribution in [0.5, 0.6) is 0 Å². The van der Waals surface area contributed by atoms with Crippen LogP contribution in [0.1, 0.15) is 16.8 Å². The first-order valence-electron chi connectivity index (χ1n) is 9.25. The van der Waals surface area contributed by atoms with Gasteiger partial charge >= 0.3 is 0 Å². The number of carbonyl (C=O) groups is 1. The number of amides is 1. The van der Waals surface area contributed by atoms with E-state index >= 15 is 0 Å². The Bertz CT molecular complexity index is 1180. The number of halogens is 1. The van der Waals surface area contributed by atoms with E-state index in [2.05, 4.69) is 19.9 Å². The molecule has 0 saturated heterocycles. The summed E-state index contributed by atoms with van der Waals surface area (Å²) < 4.78 is 14.3. The van der Waals surface area contributed by atoms with Crippen molar-refractivity contribution in [1.29, 1.82) is 0 Å². The van der Waals surface area contributed by atoms with Crippen molar-refractivity contribution in [2.45, 2.75) is 6.42 Å². The van der Waals surface area contributed by atoms with Crippen molar-refractivity contribution in [3.8, 4) is 0 Å². The van der Waals surface area contributed by atoms with Crippen LogP contribution in [0.15, 0.2) is 48.8 Å². The van der Waals surface area contributed by atoms with Crippen LogP contribution in [0, 0.1) is 5.82 Å². The van der Waals surface area contributed by atoms with Crippen LogP contribution in [-0.4, -0.2) is 52.9 Å². The summed E-state index contributed by atoms with van der Waals surface area (Å²) in [5, 5.41) is 0.564. The predicted octanol–water partition coefficient (Wildman–Crippen LogP) is 3.98. The minimum Gasteiger partial charge on any atom is -0.309 e. The largest absolute Gasteiger partial charge is 0.309 e. The van der Waals surface area contributed by atoms with E-state index in [0.29, 0.717) is 28.3 Å². The number of hydrogen-bond donors (Lipinski definition) is 0. The van der Waals surface area contributed by atoms with Crippen LogP contribution < -0.4 is 4.90 Å². The van der Waals surface area contributed by atoms with Gasteiger partial charge in [0.2, 0.25) is 0 Å². The standard InChI is InChI=1S/C21H20FN5OS/c1-26(2)10-3-11-27(21-25-17-7-5-15(22)13-19(17)29-21)20(28)14-4-6-16-18(12-14)24-9-8-23-16/h4-9,12-13H,3,10-11H2,1-2H3. The van der Waals surface area contributed by atoms with Crippen molar-refractivity contribution in [3.63, 3.8) is 0 Å². The quantitative estimate of drug-likeness (QED) is 0.482. The third kappa shape index (κ3) is 4.23. The molecule has 29 heavy (non-hydrogen) atoms. The molecule has 0 spiro atoms. The molecule has 0 N–H and O–H groups in total. The van der Waals surface area contributed by atoms with E-state index in [1.54, 1.807) is 41.6 Å². The van der Waals surface area contributed by atoms with Crippen molar-refractivity contribution in [1.82, 2.24) is 19.9 Å². The Hall–Kier alpha value is -2.97. The molecule has 0 saturated carbocycles. The fourth-order valence-corrected chi connectivity index (χ4v) is 4.10. The molecule has 0 unspecified atom stereocenters. The predicted molar refractivity (Wildman–Crippen MR) is 114 cm³/mol. The van der Waals surface area contributed by atoms with Gasteiger partial charge in [0, 0.05) is 24.5 Å². The lowest BCUT2D eigenvalue weighted by molar-refractivity contribution is 0.0986. The van der Waals surface area contributed by atoms with E-state index in [1.807, 2.05) is 14.1 Å². The van der Waals surface area contributed by atoms with Gasteiger partial charge in [-0.05, 0) is 63.5 Å². The van der Waals surface area contributed by atoms with Gasteiger partial charge in [-0.15, -0.1) is 0 Å². The summed E-state index contributed by atoms with van der Waals surface area (Å²) in [7, 11) is 3.99. The summed E-state index contributed by atoms with van der Waals surface area (Å²) in [6.07, 6.45) is 4.02. The van der Waals surface area contributed by atoms with Crippen molar-refractivity contribution in [3.05, 3.63) is 60.2 Å². The van der Waals surface area contributed by atoms with Gasteiger partial charge in [0.25, 0.3) is 5.91 Å². The number of benzene rings is 2. The number of aromatic nitrogens is 3. The lowest BCUT2D eigenvalue weighted by atomic mass is 10.1. The fraction of sp³-hybridized carbons (Fsp3) is 0.238. The molecule has 2 heterocycles. The Balaban J connectivity index is 1.70. The van der Waals surface area contributed by atoms with Gasteiger partial charge in [-0.1, -0.05) is 11.3 Å². The van der Waals surface area contributed by atoms with Gasteiger partial charge in [0.15, 0.2) is 5.13 Å². The zero-order chi connectivity index (χ0) is 20.4. The van der Waals surface area contributed by atoms with E-state index in [4.69, 9.17) is 0 Å². The topological polar surface area (TPSA) is 62.2 Å². The maximum Gasteiger partial charge on any atom is 0.260 e. The second-order valence-electron chi connectivity index (χ2n) is 6.98. The van der Waals surface area contributed by atoms with Crippen LogP contribution in [-0.2, 0) is 0 Å². The second kappa shape index (κ2) is 8.18. The summed E-state index contributed by atoms with van der Waals surface area (Å²) in [6, 6.07) is 9.76. The van der Waals surface area contributed by atoms with Crippen LogP contribution in [0.2, 0.25) is 0 Å². The smallest absolute Gasteiger partial charge is 0.260 e. The highest BCUT2D eigenvalue weighted by molar-refractivity contribution is 7.22. The highest BCUT2D eigenvalue weighted by Crippen LogP contribution is 2.30. The summed E-state index contributed by atoms with van der Waals surface area (Å²) in [6.45, 7) is 1.35. The van der Waals surface area contributed by atoms with Gasteiger partial charge in [-0.2, -0.15) is 0 Å². The SMILES string of the molecule is CN(C)CCCN(C(=O)c1ccc2nccnc2c1)c1nc2ccc(F)cc2s1. The van der Waals surface area contributed by atoms with Crippen molar-refractivity contribution < 1.29 is 9.18 Å². The molecular weight excluding hydrogens is 389 g/mol. The maximum atomic E-state index is 13.6. The van der Waals surface area contributed by atoms with Crippen molar-refractivity contribution in [2.75, 3.05) is 32.1 Å². The van der Waals surface area contributed by atoms with Crippen molar-refractivity contribution in [2.24, 2.45) is 0 Å². The molecule has 0 aliphatic rings. The highest BCUT2D eigenvalue weighted by atomic mass is 32.1. The molecule has 0 aliphatic carbocycles. The summed E-state index contributed by atoms with van der Waals surface area (Å²) in [4.78, 5) is 30.2. The fourth-order valence-electron chi connectivity index (χ4n) is 3.08. The number of anilines is 1. The molecule has 0 atom stereocenters. The Labute approximate surface area is 171 Å². The molecule has 4 aromatic rings. The van der Waals surface area contributed by atoms with Crippen LogP contribution in [0.4, 0.5) is 9.52 Å². The first-order chi connectivity index (χ1) is 14.0. The molecule has 0 radical (unpaired) electrons. The van der Waals surface area contributed by atoms with E-state index in [0.717, 1.165) is 23.2 Å². The zero-order valence-electron chi connectivity index (χ0n) is 16.2. The summed E-state index contributed by atoms with van der Waals surface area (Å²) in [5.41, 5.74) is 2.60. The minimum atomic E-state index is -0.314.